The molecule has 1 aromatic carbocycles. The summed E-state index contributed by atoms with van der Waals surface area (Å²) in [5.41, 5.74) is 2.52. The summed E-state index contributed by atoms with van der Waals surface area (Å²) >= 11 is 0. The smallest absolute Gasteiger partial charge is 0.302 e. The van der Waals surface area contributed by atoms with Crippen molar-refractivity contribution in [2.75, 3.05) is 5.75 Å². The molecule has 6 heteroatoms. The zero-order valence-corrected chi connectivity index (χ0v) is 9.54. The van der Waals surface area contributed by atoms with Gasteiger partial charge in [0.25, 0.3) is 0 Å². The highest BCUT2D eigenvalue weighted by Crippen LogP contribution is 2.14. The molecular weight excluding hydrogens is 231 g/mol. The van der Waals surface area contributed by atoms with E-state index in [1.807, 2.05) is 17.7 Å². The van der Waals surface area contributed by atoms with Crippen molar-refractivity contribution < 1.29 is 12.3 Å². The number of benzene rings is 1. The van der Waals surface area contributed by atoms with Crippen LogP contribution in [0.3, 0.4) is 0 Å². The van der Waals surface area contributed by atoms with Gasteiger partial charge in [-0.2, -0.15) is 8.42 Å². The first-order chi connectivity index (χ1) is 7.46. The minimum absolute atomic E-state index is 0.172. The van der Waals surface area contributed by atoms with Gasteiger partial charge in [0.15, 0.2) is 0 Å². The van der Waals surface area contributed by atoms with E-state index in [1.165, 1.54) is 0 Å². The van der Waals surface area contributed by atoms with Crippen molar-refractivity contribution in [2.45, 2.75) is 6.42 Å². The van der Waals surface area contributed by atoms with E-state index in [0.29, 0.717) is 0 Å². The summed E-state index contributed by atoms with van der Waals surface area (Å²) in [4.78, 5) is 4.14. The molecule has 0 spiro atoms. The van der Waals surface area contributed by atoms with Crippen molar-refractivity contribution >= 4 is 21.3 Å². The number of nitrogens with zero attached hydrogens (tertiary/aromatic N) is 2. The Morgan fingerprint density at radius 3 is 2.88 bits per heavy atom. The first-order valence-corrected chi connectivity index (χ1v) is 6.33. The third-order valence-corrected chi connectivity index (χ3v) is 3.12. The van der Waals surface area contributed by atoms with Gasteiger partial charge in [-0.1, -0.05) is 6.07 Å². The first kappa shape index (κ1) is 11.1. The fourth-order valence-electron chi connectivity index (χ4n) is 1.58. The molecule has 86 valence electrons. The van der Waals surface area contributed by atoms with Crippen LogP contribution in [0.4, 0.5) is 3.89 Å². The van der Waals surface area contributed by atoms with Gasteiger partial charge in [-0.25, -0.2) is 4.98 Å². The van der Waals surface area contributed by atoms with Crippen LogP contribution in [0, 0.1) is 0 Å². The lowest BCUT2D eigenvalue weighted by atomic mass is 10.1. The molecule has 1 aromatic heterocycles. The molecule has 0 aliphatic carbocycles. The van der Waals surface area contributed by atoms with Gasteiger partial charge in [0.1, 0.15) is 0 Å². The lowest BCUT2D eigenvalue weighted by molar-refractivity contribution is 0.551. The van der Waals surface area contributed by atoms with Crippen LogP contribution in [0.25, 0.3) is 11.0 Å². The van der Waals surface area contributed by atoms with Crippen LogP contribution in [0.2, 0.25) is 0 Å². The Morgan fingerprint density at radius 1 is 1.44 bits per heavy atom. The average Bonchev–Trinajstić information content (AvgIpc) is 2.56. The van der Waals surface area contributed by atoms with E-state index in [4.69, 9.17) is 0 Å². The van der Waals surface area contributed by atoms with Crippen molar-refractivity contribution in [3.05, 3.63) is 30.1 Å². The zero-order chi connectivity index (χ0) is 11.8. The minimum atomic E-state index is -4.40. The Bertz CT molecular complexity index is 619. The fourth-order valence-corrected chi connectivity index (χ4v) is 2.06. The van der Waals surface area contributed by atoms with E-state index in [2.05, 4.69) is 4.98 Å². The second-order valence-electron chi connectivity index (χ2n) is 3.67. The molecule has 2 aromatic rings. The summed E-state index contributed by atoms with van der Waals surface area (Å²) in [5.74, 6) is -0.481. The number of halogens is 1. The number of imidazole rings is 1. The van der Waals surface area contributed by atoms with Crippen LogP contribution in [-0.4, -0.2) is 23.7 Å². The van der Waals surface area contributed by atoms with Crippen LogP contribution in [-0.2, 0) is 23.7 Å². The Balaban J connectivity index is 2.26. The lowest BCUT2D eigenvalue weighted by Crippen LogP contribution is -2.01. The minimum Gasteiger partial charge on any atom is -0.334 e. The van der Waals surface area contributed by atoms with Gasteiger partial charge < -0.3 is 4.57 Å². The third-order valence-electron chi connectivity index (χ3n) is 2.42. The molecule has 0 radical (unpaired) electrons. The monoisotopic (exact) mass is 242 g/mol. The average molecular weight is 242 g/mol. The Hall–Kier alpha value is -1.43. The molecule has 0 amide bonds. The van der Waals surface area contributed by atoms with E-state index in [-0.39, 0.29) is 6.42 Å². The maximum Gasteiger partial charge on any atom is 0.302 e. The van der Waals surface area contributed by atoms with Crippen LogP contribution in [0.1, 0.15) is 5.56 Å². The Kier molecular flexibility index (Phi) is 2.67. The standard InChI is InChI=1S/C10H11FN2O2S/c1-13-7-12-9-6-8(2-3-10(9)13)4-5-16(11,14)15/h2-3,6-7H,4-5H2,1H3. The van der Waals surface area contributed by atoms with Crippen molar-refractivity contribution in [3.8, 4) is 0 Å². The lowest BCUT2D eigenvalue weighted by Gasteiger charge is -1.99. The zero-order valence-electron chi connectivity index (χ0n) is 8.72. The summed E-state index contributed by atoms with van der Waals surface area (Å²) in [6, 6.07) is 5.41. The molecule has 1 heterocycles. The van der Waals surface area contributed by atoms with Gasteiger partial charge in [-0.05, 0) is 24.1 Å². The van der Waals surface area contributed by atoms with Crippen molar-refractivity contribution in [3.63, 3.8) is 0 Å². The van der Waals surface area contributed by atoms with E-state index in [1.54, 1.807) is 18.5 Å². The third kappa shape index (κ3) is 2.38. The van der Waals surface area contributed by atoms with E-state index < -0.39 is 16.0 Å². The van der Waals surface area contributed by atoms with Gasteiger partial charge >= 0.3 is 10.2 Å². The largest absolute Gasteiger partial charge is 0.334 e. The van der Waals surface area contributed by atoms with E-state index in [9.17, 15) is 12.3 Å². The highest BCUT2D eigenvalue weighted by atomic mass is 32.3. The molecular formula is C10H11FN2O2S. The van der Waals surface area contributed by atoms with Gasteiger partial charge in [-0.3, -0.25) is 0 Å². The van der Waals surface area contributed by atoms with Crippen LogP contribution in [0.5, 0.6) is 0 Å². The topological polar surface area (TPSA) is 52.0 Å². The summed E-state index contributed by atoms with van der Waals surface area (Å²) in [5, 5.41) is 0. The van der Waals surface area contributed by atoms with Crippen molar-refractivity contribution in [1.82, 2.24) is 9.55 Å². The van der Waals surface area contributed by atoms with Crippen LogP contribution < -0.4 is 0 Å². The summed E-state index contributed by atoms with van der Waals surface area (Å²) in [7, 11) is -2.52. The molecule has 0 atom stereocenters. The molecule has 0 saturated heterocycles. The second kappa shape index (κ2) is 3.86. The molecule has 0 bridgehead atoms. The molecule has 0 aliphatic heterocycles. The SMILES string of the molecule is Cn1cnc2cc(CCS(=O)(=O)F)ccc21. The molecule has 16 heavy (non-hydrogen) atoms. The molecule has 0 aliphatic rings. The fraction of sp³-hybridized carbons (Fsp3) is 0.300. The molecule has 0 unspecified atom stereocenters. The van der Waals surface area contributed by atoms with Crippen LogP contribution >= 0.6 is 0 Å². The molecule has 0 fully saturated rings. The highest BCUT2D eigenvalue weighted by Gasteiger charge is 2.08. The predicted molar refractivity (Wildman–Crippen MR) is 59.3 cm³/mol. The maximum atomic E-state index is 12.3. The summed E-state index contributed by atoms with van der Waals surface area (Å²) < 4.78 is 35.0. The van der Waals surface area contributed by atoms with E-state index >= 15 is 0 Å². The van der Waals surface area contributed by atoms with Gasteiger partial charge in [-0.15, -0.1) is 3.89 Å². The van der Waals surface area contributed by atoms with Gasteiger partial charge in [0, 0.05) is 7.05 Å². The van der Waals surface area contributed by atoms with E-state index in [0.717, 1.165) is 16.6 Å². The number of hydrogen-bond acceptors (Lipinski definition) is 3. The van der Waals surface area contributed by atoms with Crippen molar-refractivity contribution in [1.29, 1.82) is 0 Å². The number of fused-ring (bicyclic) bond motifs is 1. The van der Waals surface area contributed by atoms with Gasteiger partial charge in [0.2, 0.25) is 0 Å². The Morgan fingerprint density at radius 2 is 2.19 bits per heavy atom. The Labute approximate surface area is 92.9 Å². The maximum absolute atomic E-state index is 12.3. The number of aryl methyl sites for hydroxylation is 2. The summed E-state index contributed by atoms with van der Waals surface area (Å²) in [6.07, 6.45) is 1.85. The number of aromatic nitrogens is 2. The normalized spacial score (nSPS) is 12.1. The molecule has 0 saturated carbocycles. The molecule has 2 rings (SSSR count). The number of rotatable bonds is 3. The number of hydrogen-bond donors (Lipinski definition) is 0. The predicted octanol–water partition coefficient (Wildman–Crippen LogP) is 1.42. The van der Waals surface area contributed by atoms with Crippen LogP contribution in [0.15, 0.2) is 24.5 Å². The second-order valence-corrected chi connectivity index (χ2v) is 5.16. The highest BCUT2D eigenvalue weighted by molar-refractivity contribution is 7.86. The molecule has 0 N–H and O–H groups in total. The van der Waals surface area contributed by atoms with Crippen molar-refractivity contribution in [2.24, 2.45) is 7.05 Å². The first-order valence-electron chi connectivity index (χ1n) is 4.78. The molecule has 4 nitrogen and oxygen atoms in total. The quantitative estimate of drug-likeness (QED) is 0.765. The summed E-state index contributed by atoms with van der Waals surface area (Å²) in [6.45, 7) is 0. The van der Waals surface area contributed by atoms with Gasteiger partial charge in [0.05, 0.1) is 23.1 Å².